The molecular formula is C19H16FNO3. The highest BCUT2D eigenvalue weighted by atomic mass is 19.1. The summed E-state index contributed by atoms with van der Waals surface area (Å²) in [4.78, 5) is 14.5. The Hall–Kier alpha value is -2.66. The second kappa shape index (κ2) is 6.09. The van der Waals surface area contributed by atoms with Crippen LogP contribution in [0, 0.1) is 5.82 Å². The number of para-hydroxylation sites is 1. The predicted molar refractivity (Wildman–Crippen MR) is 90.9 cm³/mol. The van der Waals surface area contributed by atoms with Gasteiger partial charge in [-0.15, -0.1) is 0 Å². The Morgan fingerprint density at radius 3 is 2.50 bits per heavy atom. The second-order valence-electron chi connectivity index (χ2n) is 5.74. The standard InChI is InChI=1S/C19H16FNO3/c20-14-6-4-13(5-7-14)15-2-1-3-16-17(22)12-18(24-19(15)16)21-8-10-23-11-9-21/h1-7,12H,8-11H2. The number of hydrogen-bond acceptors (Lipinski definition) is 4. The highest BCUT2D eigenvalue weighted by Gasteiger charge is 2.17. The van der Waals surface area contributed by atoms with Gasteiger partial charge in [-0.25, -0.2) is 4.39 Å². The average molecular weight is 325 g/mol. The Morgan fingerprint density at radius 1 is 1.00 bits per heavy atom. The highest BCUT2D eigenvalue weighted by Crippen LogP contribution is 2.30. The monoisotopic (exact) mass is 325 g/mol. The molecule has 24 heavy (non-hydrogen) atoms. The molecule has 2 aromatic carbocycles. The number of hydrogen-bond donors (Lipinski definition) is 0. The summed E-state index contributed by atoms with van der Waals surface area (Å²) in [6.07, 6.45) is 0. The lowest BCUT2D eigenvalue weighted by Crippen LogP contribution is -2.36. The number of morpholine rings is 1. The molecule has 1 aromatic heterocycles. The zero-order valence-corrected chi connectivity index (χ0v) is 13.0. The number of rotatable bonds is 2. The summed E-state index contributed by atoms with van der Waals surface area (Å²) in [5.41, 5.74) is 2.03. The molecule has 1 aliphatic heterocycles. The molecule has 0 unspecified atom stereocenters. The molecule has 1 fully saturated rings. The molecule has 0 spiro atoms. The molecule has 0 amide bonds. The molecule has 2 heterocycles. The SMILES string of the molecule is O=c1cc(N2CCOCC2)oc2c(-c3ccc(F)cc3)cccc12. The maximum Gasteiger partial charge on any atom is 0.200 e. The van der Waals surface area contributed by atoms with Gasteiger partial charge in [0.15, 0.2) is 11.3 Å². The van der Waals surface area contributed by atoms with Crippen molar-refractivity contribution in [3.8, 4) is 11.1 Å². The van der Waals surface area contributed by atoms with Crippen LogP contribution in [0.2, 0.25) is 0 Å². The van der Waals surface area contributed by atoms with Crippen molar-refractivity contribution in [1.29, 1.82) is 0 Å². The van der Waals surface area contributed by atoms with Crippen LogP contribution in [0.5, 0.6) is 0 Å². The van der Waals surface area contributed by atoms with Gasteiger partial charge < -0.3 is 14.1 Å². The van der Waals surface area contributed by atoms with Crippen LogP contribution in [0.3, 0.4) is 0 Å². The van der Waals surface area contributed by atoms with E-state index in [1.54, 1.807) is 18.2 Å². The molecule has 4 nitrogen and oxygen atoms in total. The van der Waals surface area contributed by atoms with E-state index < -0.39 is 0 Å². The zero-order valence-electron chi connectivity index (χ0n) is 13.0. The van der Waals surface area contributed by atoms with Crippen LogP contribution in [0.1, 0.15) is 0 Å². The predicted octanol–water partition coefficient (Wildman–Crippen LogP) is 3.44. The molecule has 1 aliphatic rings. The number of benzene rings is 2. The molecule has 122 valence electrons. The number of nitrogens with zero attached hydrogens (tertiary/aromatic N) is 1. The van der Waals surface area contributed by atoms with Gasteiger partial charge >= 0.3 is 0 Å². The van der Waals surface area contributed by atoms with Gasteiger partial charge in [0.05, 0.1) is 18.6 Å². The Bertz CT molecular complexity index is 927. The zero-order chi connectivity index (χ0) is 16.5. The van der Waals surface area contributed by atoms with Crippen LogP contribution in [-0.2, 0) is 4.74 Å². The first kappa shape index (κ1) is 14.9. The Morgan fingerprint density at radius 2 is 1.75 bits per heavy atom. The summed E-state index contributed by atoms with van der Waals surface area (Å²) in [6.45, 7) is 2.60. The largest absolute Gasteiger partial charge is 0.440 e. The van der Waals surface area contributed by atoms with Crippen LogP contribution in [0.4, 0.5) is 10.3 Å². The number of anilines is 1. The van der Waals surface area contributed by atoms with Crippen molar-refractivity contribution in [1.82, 2.24) is 0 Å². The van der Waals surface area contributed by atoms with Crippen molar-refractivity contribution >= 4 is 16.9 Å². The normalized spacial score (nSPS) is 15.0. The van der Waals surface area contributed by atoms with Gasteiger partial charge in [0.25, 0.3) is 0 Å². The fourth-order valence-electron chi connectivity index (χ4n) is 2.96. The quantitative estimate of drug-likeness (QED) is 0.724. The summed E-state index contributed by atoms with van der Waals surface area (Å²) >= 11 is 0. The van der Waals surface area contributed by atoms with E-state index in [-0.39, 0.29) is 11.2 Å². The number of ether oxygens (including phenoxy) is 1. The fraction of sp³-hybridized carbons (Fsp3) is 0.211. The molecule has 3 aromatic rings. The molecule has 0 atom stereocenters. The molecule has 5 heteroatoms. The lowest BCUT2D eigenvalue weighted by atomic mass is 10.0. The van der Waals surface area contributed by atoms with Gasteiger partial charge in [-0.05, 0) is 23.8 Å². The number of halogens is 1. The van der Waals surface area contributed by atoms with Crippen LogP contribution >= 0.6 is 0 Å². The smallest absolute Gasteiger partial charge is 0.200 e. The van der Waals surface area contributed by atoms with Gasteiger partial charge in [0.2, 0.25) is 0 Å². The highest BCUT2D eigenvalue weighted by molar-refractivity contribution is 5.92. The van der Waals surface area contributed by atoms with E-state index in [0.29, 0.717) is 43.2 Å². The van der Waals surface area contributed by atoms with Gasteiger partial charge in [-0.2, -0.15) is 0 Å². The third-order valence-electron chi connectivity index (χ3n) is 4.22. The van der Waals surface area contributed by atoms with E-state index in [2.05, 4.69) is 0 Å². The first-order valence-corrected chi connectivity index (χ1v) is 7.88. The molecule has 4 rings (SSSR count). The summed E-state index contributed by atoms with van der Waals surface area (Å²) in [5.74, 6) is 0.250. The second-order valence-corrected chi connectivity index (χ2v) is 5.74. The Labute approximate surface area is 138 Å². The molecule has 0 saturated carbocycles. The van der Waals surface area contributed by atoms with Gasteiger partial charge in [-0.3, -0.25) is 4.79 Å². The molecule has 0 bridgehead atoms. The maximum absolute atomic E-state index is 13.2. The molecule has 0 N–H and O–H groups in total. The topological polar surface area (TPSA) is 42.7 Å². The van der Waals surface area contributed by atoms with Crippen molar-refractivity contribution in [2.45, 2.75) is 0 Å². The van der Waals surface area contributed by atoms with Crippen LogP contribution in [-0.4, -0.2) is 26.3 Å². The van der Waals surface area contributed by atoms with Crippen LogP contribution < -0.4 is 10.3 Å². The van der Waals surface area contributed by atoms with Gasteiger partial charge in [0, 0.05) is 24.7 Å². The van der Waals surface area contributed by atoms with Gasteiger partial charge in [0.1, 0.15) is 11.4 Å². The lowest BCUT2D eigenvalue weighted by molar-refractivity contribution is 0.121. The molecular weight excluding hydrogens is 309 g/mol. The van der Waals surface area contributed by atoms with Crippen molar-refractivity contribution in [3.05, 3.63) is 64.6 Å². The minimum Gasteiger partial charge on any atom is -0.440 e. The Balaban J connectivity index is 1.89. The first-order valence-electron chi connectivity index (χ1n) is 7.88. The first-order chi connectivity index (χ1) is 11.7. The molecule has 0 aliphatic carbocycles. The van der Waals surface area contributed by atoms with E-state index >= 15 is 0 Å². The van der Waals surface area contributed by atoms with Gasteiger partial charge in [-0.1, -0.05) is 24.3 Å². The summed E-state index contributed by atoms with van der Waals surface area (Å²) in [6, 6.07) is 13.1. The van der Waals surface area contributed by atoms with Crippen molar-refractivity contribution in [2.75, 3.05) is 31.2 Å². The van der Waals surface area contributed by atoms with E-state index in [1.807, 2.05) is 17.0 Å². The summed E-state index contributed by atoms with van der Waals surface area (Å²) < 4.78 is 24.6. The van der Waals surface area contributed by atoms with E-state index in [1.165, 1.54) is 18.2 Å². The molecule has 1 saturated heterocycles. The van der Waals surface area contributed by atoms with E-state index in [4.69, 9.17) is 9.15 Å². The minimum atomic E-state index is -0.297. The number of fused-ring (bicyclic) bond motifs is 1. The minimum absolute atomic E-state index is 0.0818. The molecule has 0 radical (unpaired) electrons. The maximum atomic E-state index is 13.2. The van der Waals surface area contributed by atoms with Crippen molar-refractivity contribution in [3.63, 3.8) is 0 Å². The van der Waals surface area contributed by atoms with Crippen LogP contribution in [0.15, 0.2) is 57.7 Å². The van der Waals surface area contributed by atoms with Crippen molar-refractivity contribution in [2.24, 2.45) is 0 Å². The summed E-state index contributed by atoms with van der Waals surface area (Å²) in [5, 5.41) is 0.522. The Kier molecular flexibility index (Phi) is 3.78. The van der Waals surface area contributed by atoms with Crippen LogP contribution in [0.25, 0.3) is 22.1 Å². The van der Waals surface area contributed by atoms with Crippen molar-refractivity contribution < 1.29 is 13.5 Å². The summed E-state index contributed by atoms with van der Waals surface area (Å²) in [7, 11) is 0. The van der Waals surface area contributed by atoms with E-state index in [9.17, 15) is 9.18 Å². The average Bonchev–Trinajstić information content (AvgIpc) is 2.63. The third kappa shape index (κ3) is 2.67. The fourth-order valence-corrected chi connectivity index (χ4v) is 2.96. The lowest BCUT2D eigenvalue weighted by Gasteiger charge is -2.27. The van der Waals surface area contributed by atoms with E-state index in [0.717, 1.165) is 11.1 Å². The third-order valence-corrected chi connectivity index (χ3v) is 4.22.